The van der Waals surface area contributed by atoms with Crippen molar-refractivity contribution in [2.75, 3.05) is 0 Å². The molecule has 0 saturated carbocycles. The summed E-state index contributed by atoms with van der Waals surface area (Å²) in [5.74, 6) is 0.185. The van der Waals surface area contributed by atoms with E-state index >= 15 is 0 Å². The molecule has 1 atom stereocenters. The number of rotatable bonds is 6. The van der Waals surface area contributed by atoms with E-state index in [1.54, 1.807) is 10.9 Å². The van der Waals surface area contributed by atoms with Crippen LogP contribution in [0.5, 0.6) is 0 Å². The van der Waals surface area contributed by atoms with E-state index in [9.17, 15) is 4.79 Å². The van der Waals surface area contributed by atoms with Crippen LogP contribution in [-0.2, 0) is 24.7 Å². The van der Waals surface area contributed by atoms with Crippen molar-refractivity contribution < 1.29 is 4.79 Å². The van der Waals surface area contributed by atoms with Crippen LogP contribution in [0.1, 0.15) is 62.4 Å². The standard InChI is InChI=1S/C20H28N4O/c1-4-17(5-2)24(19(25)12-15-13-22-23(3)14-15)18-10-6-8-16-9-7-11-21-20(16)18/h7,9,11,13-14,17-18H,4-6,8,10,12H2,1-3H3/t18-/m0/s1. The maximum atomic E-state index is 13.3. The third kappa shape index (κ3) is 3.75. The molecule has 2 heterocycles. The molecule has 2 aromatic rings. The molecule has 5 nitrogen and oxygen atoms in total. The normalized spacial score (nSPS) is 16.7. The molecule has 0 saturated heterocycles. The number of pyridine rings is 1. The molecule has 5 heteroatoms. The smallest absolute Gasteiger partial charge is 0.227 e. The number of nitrogens with zero attached hydrogens (tertiary/aromatic N) is 4. The van der Waals surface area contributed by atoms with Crippen molar-refractivity contribution in [3.05, 3.63) is 47.5 Å². The first-order chi connectivity index (χ1) is 12.1. The minimum absolute atomic E-state index is 0.0963. The SMILES string of the molecule is CCC(CC)N(C(=O)Cc1cnn(C)c1)[C@H]1CCCc2cccnc21. The molecule has 0 aliphatic heterocycles. The zero-order chi connectivity index (χ0) is 17.8. The molecular formula is C20H28N4O. The Morgan fingerprint density at radius 3 is 2.88 bits per heavy atom. The van der Waals surface area contributed by atoms with Gasteiger partial charge in [0.1, 0.15) is 0 Å². The Hall–Kier alpha value is -2.17. The Labute approximate surface area is 150 Å². The second-order valence-electron chi connectivity index (χ2n) is 6.93. The van der Waals surface area contributed by atoms with E-state index in [1.807, 2.05) is 25.5 Å². The molecular weight excluding hydrogens is 312 g/mol. The van der Waals surface area contributed by atoms with Crippen molar-refractivity contribution in [3.63, 3.8) is 0 Å². The van der Waals surface area contributed by atoms with Gasteiger partial charge in [0, 0.05) is 25.5 Å². The van der Waals surface area contributed by atoms with E-state index in [4.69, 9.17) is 0 Å². The minimum atomic E-state index is 0.0963. The number of hydrogen-bond acceptors (Lipinski definition) is 3. The highest BCUT2D eigenvalue weighted by atomic mass is 16.2. The van der Waals surface area contributed by atoms with Crippen molar-refractivity contribution in [2.45, 2.75) is 64.5 Å². The van der Waals surface area contributed by atoms with E-state index in [0.717, 1.165) is 43.4 Å². The van der Waals surface area contributed by atoms with Crippen LogP contribution in [0.2, 0.25) is 0 Å². The number of carbonyl (C=O) groups excluding carboxylic acids is 1. The van der Waals surface area contributed by atoms with Crippen LogP contribution in [0.25, 0.3) is 0 Å². The van der Waals surface area contributed by atoms with Gasteiger partial charge >= 0.3 is 0 Å². The van der Waals surface area contributed by atoms with E-state index in [1.165, 1.54) is 5.56 Å². The topological polar surface area (TPSA) is 51.0 Å². The van der Waals surface area contributed by atoms with Gasteiger partial charge in [-0.15, -0.1) is 0 Å². The average Bonchev–Trinajstić information content (AvgIpc) is 3.04. The maximum Gasteiger partial charge on any atom is 0.227 e. The predicted octanol–water partition coefficient (Wildman–Crippen LogP) is 3.45. The van der Waals surface area contributed by atoms with Gasteiger partial charge in [0.2, 0.25) is 5.91 Å². The lowest BCUT2D eigenvalue weighted by molar-refractivity contribution is -0.136. The fourth-order valence-electron chi connectivity index (χ4n) is 4.00. The monoisotopic (exact) mass is 340 g/mol. The van der Waals surface area contributed by atoms with Crippen LogP contribution < -0.4 is 0 Å². The van der Waals surface area contributed by atoms with Crippen molar-refractivity contribution in [1.82, 2.24) is 19.7 Å². The zero-order valence-electron chi connectivity index (χ0n) is 15.5. The number of amides is 1. The lowest BCUT2D eigenvalue weighted by Gasteiger charge is -2.40. The molecule has 0 bridgehead atoms. The van der Waals surface area contributed by atoms with E-state index in [0.29, 0.717) is 6.42 Å². The summed E-state index contributed by atoms with van der Waals surface area (Å²) in [6.45, 7) is 4.33. The van der Waals surface area contributed by atoms with Gasteiger partial charge in [0.15, 0.2) is 0 Å². The fraction of sp³-hybridized carbons (Fsp3) is 0.550. The summed E-state index contributed by atoms with van der Waals surface area (Å²) < 4.78 is 1.75. The van der Waals surface area contributed by atoms with Crippen LogP contribution in [-0.4, -0.2) is 31.6 Å². The molecule has 0 fully saturated rings. The van der Waals surface area contributed by atoms with Gasteiger partial charge in [-0.2, -0.15) is 5.10 Å². The zero-order valence-corrected chi connectivity index (χ0v) is 15.5. The molecule has 25 heavy (non-hydrogen) atoms. The molecule has 134 valence electrons. The summed E-state index contributed by atoms with van der Waals surface area (Å²) in [6.07, 6.45) is 11.1. The molecule has 1 aliphatic rings. The lowest BCUT2D eigenvalue weighted by atomic mass is 9.89. The first kappa shape index (κ1) is 17.6. The first-order valence-corrected chi connectivity index (χ1v) is 9.36. The molecule has 1 aliphatic carbocycles. The van der Waals surface area contributed by atoms with Gasteiger partial charge in [-0.25, -0.2) is 0 Å². The maximum absolute atomic E-state index is 13.3. The fourth-order valence-corrected chi connectivity index (χ4v) is 4.00. The number of carbonyl (C=O) groups is 1. The van der Waals surface area contributed by atoms with Gasteiger partial charge in [-0.05, 0) is 49.3 Å². The Balaban J connectivity index is 1.91. The highest BCUT2D eigenvalue weighted by Crippen LogP contribution is 2.35. The third-order valence-electron chi connectivity index (χ3n) is 5.24. The van der Waals surface area contributed by atoms with Gasteiger partial charge in [-0.1, -0.05) is 19.9 Å². The average molecular weight is 340 g/mol. The molecule has 3 rings (SSSR count). The number of aromatic nitrogens is 3. The molecule has 0 spiro atoms. The van der Waals surface area contributed by atoms with Crippen LogP contribution >= 0.6 is 0 Å². The Morgan fingerprint density at radius 1 is 1.40 bits per heavy atom. The Morgan fingerprint density at radius 2 is 2.20 bits per heavy atom. The second-order valence-corrected chi connectivity index (χ2v) is 6.93. The number of fused-ring (bicyclic) bond motifs is 1. The number of hydrogen-bond donors (Lipinski definition) is 0. The van der Waals surface area contributed by atoms with Gasteiger partial charge in [0.05, 0.1) is 24.4 Å². The Bertz CT molecular complexity index is 720. The first-order valence-electron chi connectivity index (χ1n) is 9.36. The van der Waals surface area contributed by atoms with Crippen LogP contribution in [0.4, 0.5) is 0 Å². The van der Waals surface area contributed by atoms with Gasteiger partial charge in [-0.3, -0.25) is 14.5 Å². The van der Waals surface area contributed by atoms with Crippen molar-refractivity contribution in [1.29, 1.82) is 0 Å². The largest absolute Gasteiger partial charge is 0.331 e. The summed E-state index contributed by atoms with van der Waals surface area (Å²) >= 11 is 0. The molecule has 1 amide bonds. The second kappa shape index (κ2) is 7.81. The molecule has 0 radical (unpaired) electrons. The van der Waals surface area contributed by atoms with Gasteiger partial charge in [0.25, 0.3) is 0 Å². The van der Waals surface area contributed by atoms with Crippen molar-refractivity contribution in [2.24, 2.45) is 7.05 Å². The third-order valence-corrected chi connectivity index (χ3v) is 5.24. The minimum Gasteiger partial charge on any atom is -0.331 e. The summed E-state index contributed by atoms with van der Waals surface area (Å²) in [5, 5.41) is 4.20. The van der Waals surface area contributed by atoms with Crippen LogP contribution in [0, 0.1) is 0 Å². The highest BCUT2D eigenvalue weighted by molar-refractivity contribution is 5.79. The quantitative estimate of drug-likeness (QED) is 0.809. The predicted molar refractivity (Wildman–Crippen MR) is 98.0 cm³/mol. The lowest BCUT2D eigenvalue weighted by Crippen LogP contribution is -2.44. The molecule has 2 aromatic heterocycles. The highest BCUT2D eigenvalue weighted by Gasteiger charge is 2.33. The summed E-state index contributed by atoms with van der Waals surface area (Å²) in [7, 11) is 1.88. The summed E-state index contributed by atoms with van der Waals surface area (Å²) in [4.78, 5) is 20.0. The van der Waals surface area contributed by atoms with Crippen LogP contribution in [0.3, 0.4) is 0 Å². The van der Waals surface area contributed by atoms with Gasteiger partial charge < -0.3 is 4.90 Å². The van der Waals surface area contributed by atoms with Crippen molar-refractivity contribution >= 4 is 5.91 Å². The molecule has 0 unspecified atom stereocenters. The summed E-state index contributed by atoms with van der Waals surface area (Å²) in [6, 6.07) is 4.51. The number of aryl methyl sites for hydroxylation is 2. The van der Waals surface area contributed by atoms with E-state index in [-0.39, 0.29) is 18.0 Å². The Kier molecular flexibility index (Phi) is 5.51. The van der Waals surface area contributed by atoms with E-state index in [2.05, 4.69) is 34.9 Å². The van der Waals surface area contributed by atoms with Crippen molar-refractivity contribution in [3.8, 4) is 0 Å². The van der Waals surface area contributed by atoms with Crippen LogP contribution in [0.15, 0.2) is 30.7 Å². The summed E-state index contributed by atoms with van der Waals surface area (Å²) in [5.41, 5.74) is 3.37. The molecule has 0 N–H and O–H groups in total. The van der Waals surface area contributed by atoms with E-state index < -0.39 is 0 Å². The molecule has 0 aromatic carbocycles.